The minimum absolute atomic E-state index is 0.0998. The molecule has 23 heavy (non-hydrogen) atoms. The van der Waals surface area contributed by atoms with Gasteiger partial charge in [-0.1, -0.05) is 29.8 Å². The fraction of sp³-hybridized carbons (Fsp3) is 0.294. The van der Waals surface area contributed by atoms with Crippen molar-refractivity contribution in [3.63, 3.8) is 0 Å². The largest absolute Gasteiger partial charge is 0.337 e. The van der Waals surface area contributed by atoms with Crippen LogP contribution >= 0.6 is 11.3 Å². The second kappa shape index (κ2) is 6.52. The molecule has 0 bridgehead atoms. The predicted octanol–water partition coefficient (Wildman–Crippen LogP) is 2.30. The molecule has 0 saturated heterocycles. The zero-order chi connectivity index (χ0) is 16.4. The van der Waals surface area contributed by atoms with Gasteiger partial charge in [0, 0.05) is 11.4 Å². The zero-order valence-electron chi connectivity index (χ0n) is 12.8. The number of hydroxylamine groups is 1. The lowest BCUT2D eigenvalue weighted by Gasteiger charge is -2.27. The highest BCUT2D eigenvalue weighted by Gasteiger charge is 2.24. The number of carbonyl (C=O) groups is 2. The molecule has 3 rings (SSSR count). The van der Waals surface area contributed by atoms with Crippen LogP contribution in [-0.4, -0.2) is 28.5 Å². The maximum Gasteiger partial charge on any atom is 0.284 e. The van der Waals surface area contributed by atoms with E-state index in [4.69, 9.17) is 5.21 Å². The van der Waals surface area contributed by atoms with Gasteiger partial charge in [0.1, 0.15) is 0 Å². The second-order valence-electron chi connectivity index (χ2n) is 5.73. The van der Waals surface area contributed by atoms with Crippen LogP contribution in [0.2, 0.25) is 0 Å². The molecule has 0 spiro atoms. The molecule has 0 unspecified atom stereocenters. The van der Waals surface area contributed by atoms with Crippen molar-refractivity contribution in [1.29, 1.82) is 0 Å². The quantitative estimate of drug-likeness (QED) is 0.670. The number of rotatable bonds is 3. The van der Waals surface area contributed by atoms with Crippen LogP contribution in [0.15, 0.2) is 30.3 Å². The van der Waals surface area contributed by atoms with Gasteiger partial charge < -0.3 is 4.90 Å². The van der Waals surface area contributed by atoms with Crippen molar-refractivity contribution in [2.75, 3.05) is 6.54 Å². The van der Waals surface area contributed by atoms with Gasteiger partial charge in [-0.25, -0.2) is 5.48 Å². The number of carbonyl (C=O) groups excluding carboxylic acids is 2. The van der Waals surface area contributed by atoms with Crippen LogP contribution in [0.4, 0.5) is 0 Å². The number of aryl methyl sites for hydroxylation is 1. The van der Waals surface area contributed by atoms with Crippen molar-refractivity contribution in [3.8, 4) is 0 Å². The summed E-state index contributed by atoms with van der Waals surface area (Å²) < 4.78 is 0. The van der Waals surface area contributed by atoms with Gasteiger partial charge in [0.25, 0.3) is 5.91 Å². The molecule has 1 aromatic heterocycles. The molecule has 120 valence electrons. The standard InChI is InChI=1S/C17H18N2O3S/c1-11-3-2-4-12(7-11)8-16(20)19-6-5-13-9-14(17(21)18-22)23-15(13)10-19/h2-4,7,9,22H,5-6,8,10H2,1H3,(H,18,21). The van der Waals surface area contributed by atoms with Crippen molar-refractivity contribution in [2.24, 2.45) is 0 Å². The van der Waals surface area contributed by atoms with E-state index >= 15 is 0 Å². The summed E-state index contributed by atoms with van der Waals surface area (Å²) in [5.74, 6) is -0.398. The molecule has 0 saturated carbocycles. The van der Waals surface area contributed by atoms with Gasteiger partial charge in [-0.15, -0.1) is 11.3 Å². The lowest BCUT2D eigenvalue weighted by Crippen LogP contribution is -2.36. The van der Waals surface area contributed by atoms with Crippen LogP contribution in [0.1, 0.15) is 31.2 Å². The third-order valence-corrected chi connectivity index (χ3v) is 5.16. The lowest BCUT2D eigenvalue weighted by molar-refractivity contribution is -0.131. The fourth-order valence-electron chi connectivity index (χ4n) is 2.81. The van der Waals surface area contributed by atoms with E-state index in [0.717, 1.165) is 28.0 Å². The van der Waals surface area contributed by atoms with Crippen LogP contribution in [0, 0.1) is 6.92 Å². The maximum atomic E-state index is 12.5. The normalized spacial score (nSPS) is 13.6. The van der Waals surface area contributed by atoms with Crippen LogP contribution in [0.3, 0.4) is 0 Å². The molecule has 0 atom stereocenters. The first-order valence-corrected chi connectivity index (χ1v) is 8.28. The van der Waals surface area contributed by atoms with Crippen molar-refractivity contribution in [1.82, 2.24) is 10.4 Å². The van der Waals surface area contributed by atoms with Crippen LogP contribution in [-0.2, 0) is 24.2 Å². The number of amides is 2. The van der Waals surface area contributed by atoms with Crippen LogP contribution in [0.5, 0.6) is 0 Å². The summed E-state index contributed by atoms with van der Waals surface area (Å²) in [6.07, 6.45) is 1.14. The van der Waals surface area contributed by atoms with E-state index < -0.39 is 5.91 Å². The van der Waals surface area contributed by atoms with Gasteiger partial charge in [-0.3, -0.25) is 14.8 Å². The van der Waals surface area contributed by atoms with E-state index in [0.29, 0.717) is 24.4 Å². The van der Waals surface area contributed by atoms with Gasteiger partial charge in [0.2, 0.25) is 5.91 Å². The molecule has 0 fully saturated rings. The highest BCUT2D eigenvalue weighted by atomic mass is 32.1. The molecule has 2 aromatic rings. The average molecular weight is 330 g/mol. The second-order valence-corrected chi connectivity index (χ2v) is 6.87. The summed E-state index contributed by atoms with van der Waals surface area (Å²) in [5, 5.41) is 8.72. The first-order valence-electron chi connectivity index (χ1n) is 7.46. The van der Waals surface area contributed by atoms with E-state index in [-0.39, 0.29) is 5.91 Å². The molecule has 2 amide bonds. The molecule has 6 heteroatoms. The molecule has 1 aliphatic heterocycles. The molecule has 2 heterocycles. The molecular weight excluding hydrogens is 312 g/mol. The van der Waals surface area contributed by atoms with Crippen molar-refractivity contribution >= 4 is 23.2 Å². The number of thiophene rings is 1. The van der Waals surface area contributed by atoms with Gasteiger partial charge in [0.15, 0.2) is 0 Å². The number of benzene rings is 1. The number of nitrogens with zero attached hydrogens (tertiary/aromatic N) is 1. The summed E-state index contributed by atoms with van der Waals surface area (Å²) in [6, 6.07) is 9.77. The molecule has 2 N–H and O–H groups in total. The summed E-state index contributed by atoms with van der Waals surface area (Å²) >= 11 is 1.33. The first-order chi connectivity index (χ1) is 11.1. The highest BCUT2D eigenvalue weighted by molar-refractivity contribution is 7.14. The van der Waals surface area contributed by atoms with Crippen LogP contribution < -0.4 is 5.48 Å². The summed E-state index contributed by atoms with van der Waals surface area (Å²) in [4.78, 5) is 27.3. The third-order valence-electron chi connectivity index (χ3n) is 4.00. The third kappa shape index (κ3) is 3.43. The zero-order valence-corrected chi connectivity index (χ0v) is 13.7. The molecule has 5 nitrogen and oxygen atoms in total. The van der Waals surface area contributed by atoms with E-state index in [9.17, 15) is 9.59 Å². The van der Waals surface area contributed by atoms with Gasteiger partial charge in [-0.05, 0) is 30.5 Å². The molecular formula is C17H18N2O3S. The van der Waals surface area contributed by atoms with E-state index in [2.05, 4.69) is 0 Å². The smallest absolute Gasteiger partial charge is 0.284 e. The molecule has 1 aromatic carbocycles. The van der Waals surface area contributed by atoms with Crippen molar-refractivity contribution in [2.45, 2.75) is 26.3 Å². The minimum atomic E-state index is -0.498. The van der Waals surface area contributed by atoms with Crippen LogP contribution in [0.25, 0.3) is 0 Å². The molecule has 0 radical (unpaired) electrons. The Morgan fingerprint density at radius 3 is 2.91 bits per heavy atom. The Bertz CT molecular complexity index is 754. The van der Waals surface area contributed by atoms with Gasteiger partial charge in [0.05, 0.1) is 17.8 Å². The van der Waals surface area contributed by atoms with Gasteiger partial charge >= 0.3 is 0 Å². The number of hydrogen-bond acceptors (Lipinski definition) is 4. The summed E-state index contributed by atoms with van der Waals surface area (Å²) in [6.45, 7) is 3.21. The minimum Gasteiger partial charge on any atom is -0.337 e. The average Bonchev–Trinajstić information content (AvgIpc) is 2.97. The first kappa shape index (κ1) is 15.7. The summed E-state index contributed by atoms with van der Waals surface area (Å²) in [5.41, 5.74) is 4.91. The topological polar surface area (TPSA) is 69.6 Å². The Kier molecular flexibility index (Phi) is 4.45. The monoisotopic (exact) mass is 330 g/mol. The lowest BCUT2D eigenvalue weighted by atomic mass is 10.1. The Balaban J connectivity index is 1.70. The summed E-state index contributed by atoms with van der Waals surface area (Å²) in [7, 11) is 0. The molecule has 0 aliphatic carbocycles. The Morgan fingerprint density at radius 1 is 1.35 bits per heavy atom. The SMILES string of the molecule is Cc1cccc(CC(=O)N2CCc3cc(C(=O)NO)sc3C2)c1. The van der Waals surface area contributed by atoms with Crippen molar-refractivity contribution in [3.05, 3.63) is 56.8 Å². The predicted molar refractivity (Wildman–Crippen MR) is 87.6 cm³/mol. The number of fused-ring (bicyclic) bond motifs is 1. The highest BCUT2D eigenvalue weighted by Crippen LogP contribution is 2.28. The number of nitrogens with one attached hydrogen (secondary N) is 1. The van der Waals surface area contributed by atoms with Crippen molar-refractivity contribution < 1.29 is 14.8 Å². The van der Waals surface area contributed by atoms with Gasteiger partial charge in [-0.2, -0.15) is 0 Å². The van der Waals surface area contributed by atoms with E-state index in [1.807, 2.05) is 36.1 Å². The Hall–Kier alpha value is -2.18. The fourth-order valence-corrected chi connectivity index (χ4v) is 3.93. The molecule has 1 aliphatic rings. The van der Waals surface area contributed by atoms with E-state index in [1.54, 1.807) is 11.5 Å². The Morgan fingerprint density at radius 2 is 2.17 bits per heavy atom. The maximum absolute atomic E-state index is 12.5. The Labute approximate surface area is 138 Å². The number of hydrogen-bond donors (Lipinski definition) is 2. The van der Waals surface area contributed by atoms with E-state index in [1.165, 1.54) is 11.3 Å².